The van der Waals surface area contributed by atoms with Gasteiger partial charge >= 0.3 is 0 Å². The molecule has 0 saturated carbocycles. The number of aliphatic hydroxyl groups is 3. The van der Waals surface area contributed by atoms with E-state index in [0.29, 0.717) is 21.1 Å². The molecule has 1 saturated heterocycles. The molecule has 0 spiro atoms. The number of nitrogen functional groups attached to an aromatic ring is 1. The van der Waals surface area contributed by atoms with Gasteiger partial charge in [0.05, 0.1) is 18.7 Å². The van der Waals surface area contributed by atoms with Crippen LogP contribution in [0, 0.1) is 0 Å². The zero-order valence-corrected chi connectivity index (χ0v) is 17.0. The predicted molar refractivity (Wildman–Crippen MR) is 109 cm³/mol. The van der Waals surface area contributed by atoms with E-state index in [0.717, 1.165) is 11.8 Å². The van der Waals surface area contributed by atoms with Crippen LogP contribution < -0.4 is 5.73 Å². The lowest BCUT2D eigenvalue weighted by atomic mass is 10.1. The molecule has 12 heteroatoms. The number of fused-ring (bicyclic) bond motifs is 1. The summed E-state index contributed by atoms with van der Waals surface area (Å²) in [5.74, 6) is -0.0733. The van der Waals surface area contributed by atoms with Gasteiger partial charge in [0, 0.05) is 10.6 Å². The minimum Gasteiger partial charge on any atom is -0.394 e. The topological polar surface area (TPSA) is 157 Å². The van der Waals surface area contributed by atoms with Crippen LogP contribution in [0.5, 0.6) is 0 Å². The summed E-state index contributed by atoms with van der Waals surface area (Å²) in [5.41, 5.74) is 7.00. The summed E-state index contributed by atoms with van der Waals surface area (Å²) in [7, 11) is 0. The SMILES string of the molecule is Nc1nc(SCC(=O)c2ccc(Cl)cc2)c2ncn(C3OC(CO)C(O)C3O)c2n1. The zero-order valence-electron chi connectivity index (χ0n) is 15.4. The third kappa shape index (κ3) is 3.87. The number of imidazole rings is 1. The standard InChI is InChI=1S/C18H18ClN5O5S/c19-9-3-1-8(2-4-9)10(26)6-30-16-12-15(22-18(20)23-16)24(7-21-12)17-14(28)13(27)11(5-25)29-17/h1-4,7,11,13-14,17,25,27-28H,5-6H2,(H2,20,22,23). The van der Waals surface area contributed by atoms with Crippen LogP contribution in [0.15, 0.2) is 35.6 Å². The quantitative estimate of drug-likeness (QED) is 0.238. The second-order valence-electron chi connectivity index (χ2n) is 6.66. The molecule has 0 aliphatic carbocycles. The Kier molecular flexibility index (Phi) is 5.91. The summed E-state index contributed by atoms with van der Waals surface area (Å²) in [6, 6.07) is 6.57. The molecule has 1 aliphatic heterocycles. The number of nitrogens with two attached hydrogens (primary N) is 1. The highest BCUT2D eigenvalue weighted by Crippen LogP contribution is 2.33. The fraction of sp³-hybridized carbons (Fsp3) is 0.333. The first-order chi connectivity index (χ1) is 14.4. The van der Waals surface area contributed by atoms with Crippen LogP contribution in [0.25, 0.3) is 11.2 Å². The van der Waals surface area contributed by atoms with Gasteiger partial charge in [-0.3, -0.25) is 9.36 Å². The third-order valence-electron chi connectivity index (χ3n) is 4.70. The first-order valence-corrected chi connectivity index (χ1v) is 10.3. The summed E-state index contributed by atoms with van der Waals surface area (Å²) in [6.07, 6.45) is -3.12. The van der Waals surface area contributed by atoms with Crippen molar-refractivity contribution in [3.05, 3.63) is 41.2 Å². The van der Waals surface area contributed by atoms with Crippen LogP contribution in [-0.2, 0) is 4.74 Å². The molecular weight excluding hydrogens is 434 g/mol. The Hall–Kier alpha value is -2.28. The monoisotopic (exact) mass is 451 g/mol. The van der Waals surface area contributed by atoms with Crippen LogP contribution in [-0.4, -0.2) is 71.3 Å². The Bertz CT molecular complexity index is 1080. The maximum Gasteiger partial charge on any atom is 0.223 e. The second-order valence-corrected chi connectivity index (χ2v) is 8.06. The first kappa shape index (κ1) is 21.0. The van der Waals surface area contributed by atoms with Crippen molar-refractivity contribution in [1.82, 2.24) is 19.5 Å². The van der Waals surface area contributed by atoms with E-state index in [2.05, 4.69) is 15.0 Å². The lowest BCUT2D eigenvalue weighted by Crippen LogP contribution is -2.33. The number of aliphatic hydroxyl groups excluding tert-OH is 3. The molecule has 4 atom stereocenters. The summed E-state index contributed by atoms with van der Waals surface area (Å²) in [6.45, 7) is -0.452. The molecule has 5 N–H and O–H groups in total. The van der Waals surface area contributed by atoms with Crippen LogP contribution in [0.4, 0.5) is 5.95 Å². The Balaban J connectivity index is 1.60. The van der Waals surface area contributed by atoms with E-state index in [1.807, 2.05) is 0 Å². The molecule has 4 unspecified atom stereocenters. The van der Waals surface area contributed by atoms with Crippen molar-refractivity contribution in [2.45, 2.75) is 29.6 Å². The van der Waals surface area contributed by atoms with Gasteiger partial charge in [0.2, 0.25) is 5.95 Å². The normalized spacial score (nSPS) is 23.9. The van der Waals surface area contributed by atoms with Crippen molar-refractivity contribution in [3.63, 3.8) is 0 Å². The van der Waals surface area contributed by atoms with Gasteiger partial charge in [-0.2, -0.15) is 4.98 Å². The molecule has 158 valence electrons. The van der Waals surface area contributed by atoms with Crippen molar-refractivity contribution in [1.29, 1.82) is 0 Å². The average molecular weight is 452 g/mol. The number of rotatable bonds is 6. The van der Waals surface area contributed by atoms with Crippen LogP contribution >= 0.6 is 23.4 Å². The Morgan fingerprint density at radius 1 is 1.23 bits per heavy atom. The number of nitrogens with zero attached hydrogens (tertiary/aromatic N) is 4. The van der Waals surface area contributed by atoms with Crippen molar-refractivity contribution < 1.29 is 24.9 Å². The maximum atomic E-state index is 12.4. The van der Waals surface area contributed by atoms with E-state index in [1.165, 1.54) is 10.9 Å². The molecule has 0 amide bonds. The van der Waals surface area contributed by atoms with Gasteiger partial charge in [-0.25, -0.2) is 9.97 Å². The number of Topliss-reactive ketones (excluding diaryl/α,β-unsaturated/α-hetero) is 1. The number of anilines is 1. The molecule has 10 nitrogen and oxygen atoms in total. The van der Waals surface area contributed by atoms with Gasteiger partial charge in [0.15, 0.2) is 17.7 Å². The Labute approximate surface area is 179 Å². The molecule has 3 heterocycles. The van der Waals surface area contributed by atoms with Crippen LogP contribution in [0.1, 0.15) is 16.6 Å². The lowest BCUT2D eigenvalue weighted by molar-refractivity contribution is -0.0511. The van der Waals surface area contributed by atoms with Gasteiger partial charge in [-0.05, 0) is 24.3 Å². The number of hydrogen-bond donors (Lipinski definition) is 4. The van der Waals surface area contributed by atoms with Gasteiger partial charge in [0.25, 0.3) is 0 Å². The fourth-order valence-corrected chi connectivity index (χ4v) is 4.16. The predicted octanol–water partition coefficient (Wildman–Crippen LogP) is 0.648. The van der Waals surface area contributed by atoms with Crippen molar-refractivity contribution in [3.8, 4) is 0 Å². The van der Waals surface area contributed by atoms with E-state index in [9.17, 15) is 20.1 Å². The van der Waals surface area contributed by atoms with E-state index in [4.69, 9.17) is 22.1 Å². The summed E-state index contributed by atoms with van der Waals surface area (Å²) in [5, 5.41) is 30.5. The number of hydrogen-bond acceptors (Lipinski definition) is 10. The number of halogens is 1. The summed E-state index contributed by atoms with van der Waals surface area (Å²) < 4.78 is 6.95. The van der Waals surface area contributed by atoms with E-state index in [1.54, 1.807) is 24.3 Å². The van der Waals surface area contributed by atoms with Gasteiger partial charge in [-0.1, -0.05) is 23.4 Å². The third-order valence-corrected chi connectivity index (χ3v) is 5.92. The van der Waals surface area contributed by atoms with Crippen molar-refractivity contribution in [2.24, 2.45) is 0 Å². The molecule has 0 bridgehead atoms. The molecule has 4 rings (SSSR count). The number of ketones is 1. The number of thioether (sulfide) groups is 1. The van der Waals surface area contributed by atoms with Gasteiger partial charge in [-0.15, -0.1) is 0 Å². The second kappa shape index (κ2) is 8.46. The number of carbonyl (C=O) groups excluding carboxylic acids is 1. The molecule has 1 fully saturated rings. The van der Waals surface area contributed by atoms with Crippen LogP contribution in [0.3, 0.4) is 0 Å². The van der Waals surface area contributed by atoms with Gasteiger partial charge < -0.3 is 25.8 Å². The highest BCUT2D eigenvalue weighted by atomic mass is 35.5. The maximum absolute atomic E-state index is 12.4. The molecule has 3 aromatic rings. The molecular formula is C18H18ClN5O5S. The smallest absolute Gasteiger partial charge is 0.223 e. The number of carbonyl (C=O) groups is 1. The largest absolute Gasteiger partial charge is 0.394 e. The average Bonchev–Trinajstić information content (AvgIpc) is 3.27. The van der Waals surface area contributed by atoms with E-state index in [-0.39, 0.29) is 23.1 Å². The molecule has 30 heavy (non-hydrogen) atoms. The summed E-state index contributed by atoms with van der Waals surface area (Å²) >= 11 is 7.00. The van der Waals surface area contributed by atoms with Crippen LogP contribution in [0.2, 0.25) is 5.02 Å². The van der Waals surface area contributed by atoms with Crippen molar-refractivity contribution >= 4 is 46.3 Å². The molecule has 2 aromatic heterocycles. The Morgan fingerprint density at radius 2 is 1.97 bits per heavy atom. The zero-order chi connectivity index (χ0) is 21.4. The Morgan fingerprint density at radius 3 is 2.63 bits per heavy atom. The fourth-order valence-electron chi connectivity index (χ4n) is 3.16. The lowest BCUT2D eigenvalue weighted by Gasteiger charge is -2.16. The van der Waals surface area contributed by atoms with Crippen molar-refractivity contribution in [2.75, 3.05) is 18.1 Å². The highest BCUT2D eigenvalue weighted by Gasteiger charge is 2.44. The molecule has 1 aliphatic rings. The number of ether oxygens (including phenoxy) is 1. The number of aromatic nitrogens is 4. The molecule has 1 aromatic carbocycles. The van der Waals surface area contributed by atoms with E-state index >= 15 is 0 Å². The summed E-state index contributed by atoms with van der Waals surface area (Å²) in [4.78, 5) is 25.1. The van der Waals surface area contributed by atoms with Gasteiger partial charge in [0.1, 0.15) is 28.9 Å². The molecule has 0 radical (unpaired) electrons. The van der Waals surface area contributed by atoms with E-state index < -0.39 is 31.1 Å². The minimum atomic E-state index is -1.29. The minimum absolute atomic E-state index is 0.0440. The highest BCUT2D eigenvalue weighted by molar-refractivity contribution is 8.00. The number of benzene rings is 1. The first-order valence-electron chi connectivity index (χ1n) is 8.93.